The first-order valence-corrected chi connectivity index (χ1v) is 12.3. The van der Waals surface area contributed by atoms with Gasteiger partial charge in [-0.05, 0) is 19.1 Å². The number of methoxy groups -OCH3 is 1. The second-order valence-corrected chi connectivity index (χ2v) is 9.19. The monoisotopic (exact) mass is 495 g/mol. The lowest BCUT2D eigenvalue weighted by Gasteiger charge is -2.12. The summed E-state index contributed by atoms with van der Waals surface area (Å²) in [6, 6.07) is 4.87. The van der Waals surface area contributed by atoms with Crippen LogP contribution in [-0.2, 0) is 29.1 Å². The first kappa shape index (κ1) is 28.1. The highest BCUT2D eigenvalue weighted by Gasteiger charge is 2.39. The molecule has 0 aliphatic carbocycles. The molecule has 1 aliphatic rings. The van der Waals surface area contributed by atoms with Crippen molar-refractivity contribution in [2.24, 2.45) is 4.99 Å². The molecule has 13 heteroatoms. The molecule has 0 saturated heterocycles. The third-order valence-electron chi connectivity index (χ3n) is 3.80. The molecule has 2 rings (SSSR count). The van der Waals surface area contributed by atoms with Gasteiger partial charge in [-0.3, -0.25) is 9.55 Å². The fraction of sp³-hybridized carbons (Fsp3) is 0.579. The molecule has 0 saturated carbocycles. The summed E-state index contributed by atoms with van der Waals surface area (Å²) in [5.41, 5.74) is -0.659. The number of phenols is 1. The zero-order valence-electron chi connectivity index (χ0n) is 18.1. The third kappa shape index (κ3) is 11.1. The van der Waals surface area contributed by atoms with Crippen molar-refractivity contribution < 1.29 is 46.9 Å². The number of thioether (sulfide) groups is 1. The fourth-order valence-electron chi connectivity index (χ4n) is 2.21. The van der Waals surface area contributed by atoms with Crippen molar-refractivity contribution in [2.75, 3.05) is 58.8 Å². The average molecular weight is 496 g/mol. The molecule has 1 aromatic rings. The molecule has 0 spiro atoms. The first-order chi connectivity index (χ1) is 15.0. The number of hydrogen-bond acceptors (Lipinski definition) is 10. The Bertz CT molecular complexity index is 867. The van der Waals surface area contributed by atoms with Crippen molar-refractivity contribution in [3.63, 3.8) is 0 Å². The van der Waals surface area contributed by atoms with Gasteiger partial charge in [0, 0.05) is 24.5 Å². The van der Waals surface area contributed by atoms with Gasteiger partial charge in [0.05, 0.1) is 39.3 Å². The van der Waals surface area contributed by atoms with E-state index >= 15 is 0 Å². The van der Waals surface area contributed by atoms with Crippen LogP contribution < -0.4 is 4.74 Å². The molecule has 1 unspecified atom stereocenters. The largest absolute Gasteiger partial charge is 0.507 e. The van der Waals surface area contributed by atoms with Crippen LogP contribution in [0.25, 0.3) is 0 Å². The van der Waals surface area contributed by atoms with Crippen molar-refractivity contribution in [3.05, 3.63) is 23.8 Å². The van der Waals surface area contributed by atoms with Crippen LogP contribution in [0.2, 0.25) is 0 Å². The van der Waals surface area contributed by atoms with Crippen LogP contribution in [-0.4, -0.2) is 98.5 Å². The van der Waals surface area contributed by atoms with Gasteiger partial charge in [-0.25, -0.2) is 4.79 Å². The normalized spacial score (nSPS) is 17.9. The highest BCUT2D eigenvalue weighted by atomic mass is 32.2. The smallest absolute Gasteiger partial charge is 0.332 e. The molecule has 182 valence electrons. The Balaban J connectivity index is 0.000000920. The maximum atomic E-state index is 11.3. The second-order valence-electron chi connectivity index (χ2n) is 6.76. The number of rotatable bonds is 12. The molecular weight excluding hydrogens is 466 g/mol. The number of aliphatic imine (C=N–C) groups is 1. The van der Waals surface area contributed by atoms with E-state index in [1.807, 2.05) is 0 Å². The van der Waals surface area contributed by atoms with E-state index in [4.69, 9.17) is 23.5 Å². The number of aliphatic carboxylic acids is 1. The average Bonchev–Trinajstić information content (AvgIpc) is 3.09. The van der Waals surface area contributed by atoms with E-state index in [1.165, 1.54) is 17.8 Å². The summed E-state index contributed by atoms with van der Waals surface area (Å²) in [6.45, 7) is 4.36. The topological polar surface area (TPSA) is 161 Å². The predicted octanol–water partition coefficient (Wildman–Crippen LogP) is 1.29. The number of carboxylic acid groups (broad SMARTS) is 1. The highest BCUT2D eigenvalue weighted by Crippen LogP contribution is 2.35. The lowest BCUT2D eigenvalue weighted by molar-refractivity contribution is -0.141. The quantitative estimate of drug-likeness (QED) is 0.283. The molecular formula is C19H29NO10S2. The summed E-state index contributed by atoms with van der Waals surface area (Å²) >= 11 is 1.31. The fourth-order valence-corrected chi connectivity index (χ4v) is 3.41. The molecule has 0 amide bonds. The molecule has 1 heterocycles. The molecule has 0 radical (unpaired) electrons. The number of carbonyl (C=O) groups is 1. The van der Waals surface area contributed by atoms with Crippen LogP contribution >= 0.6 is 11.8 Å². The summed E-state index contributed by atoms with van der Waals surface area (Å²) in [6.07, 6.45) is 0.715. The molecule has 1 atom stereocenters. The van der Waals surface area contributed by atoms with Crippen LogP contribution in [0.3, 0.4) is 0 Å². The van der Waals surface area contributed by atoms with Crippen LogP contribution in [0.15, 0.2) is 23.2 Å². The van der Waals surface area contributed by atoms with Crippen molar-refractivity contribution in [1.82, 2.24) is 0 Å². The van der Waals surface area contributed by atoms with Crippen molar-refractivity contribution in [1.29, 1.82) is 0 Å². The van der Waals surface area contributed by atoms with E-state index in [9.17, 15) is 23.4 Å². The minimum atomic E-state index is -3.67. The van der Waals surface area contributed by atoms with Gasteiger partial charge in [-0.15, -0.1) is 11.8 Å². The van der Waals surface area contributed by atoms with E-state index in [1.54, 1.807) is 26.2 Å². The zero-order valence-corrected chi connectivity index (χ0v) is 19.8. The standard InChI is InChI=1S/C18H25NO7S.CH4O3S/c1-18(17(21)22)12-27-16(19-18)14-4-3-13(11-15(14)20)26-10-9-25-8-7-24-6-5-23-2;1-5(2,3)4/h3-4,11,20H,5-10,12H2,1-2H3,(H,21,22);1H3,(H,2,3,4). The maximum absolute atomic E-state index is 11.3. The number of carboxylic acids is 1. The van der Waals surface area contributed by atoms with Crippen molar-refractivity contribution >= 4 is 32.9 Å². The van der Waals surface area contributed by atoms with E-state index in [0.29, 0.717) is 68.0 Å². The lowest BCUT2D eigenvalue weighted by Crippen LogP contribution is -2.33. The number of hydrogen-bond donors (Lipinski definition) is 3. The molecule has 32 heavy (non-hydrogen) atoms. The number of benzene rings is 1. The molecule has 0 aromatic heterocycles. The maximum Gasteiger partial charge on any atom is 0.332 e. The number of phenolic OH excluding ortho intramolecular Hbond substituents is 1. The first-order valence-electron chi connectivity index (χ1n) is 9.45. The van der Waals surface area contributed by atoms with Gasteiger partial charge in [0.2, 0.25) is 0 Å². The Morgan fingerprint density at radius 1 is 1.16 bits per heavy atom. The van der Waals surface area contributed by atoms with E-state index in [0.717, 1.165) is 0 Å². The van der Waals surface area contributed by atoms with Crippen molar-refractivity contribution in [2.45, 2.75) is 12.5 Å². The molecule has 1 aliphatic heterocycles. The van der Waals surface area contributed by atoms with Gasteiger partial charge in [0.1, 0.15) is 23.1 Å². The van der Waals surface area contributed by atoms with Gasteiger partial charge in [-0.2, -0.15) is 8.42 Å². The van der Waals surface area contributed by atoms with Gasteiger partial charge in [-0.1, -0.05) is 0 Å². The third-order valence-corrected chi connectivity index (χ3v) is 5.09. The van der Waals surface area contributed by atoms with Crippen LogP contribution in [0.1, 0.15) is 12.5 Å². The Morgan fingerprint density at radius 3 is 2.22 bits per heavy atom. The number of ether oxygens (including phenoxy) is 4. The van der Waals surface area contributed by atoms with Gasteiger partial charge in [0.25, 0.3) is 10.1 Å². The minimum absolute atomic E-state index is 0.000787. The predicted molar refractivity (Wildman–Crippen MR) is 120 cm³/mol. The molecule has 0 bridgehead atoms. The van der Waals surface area contributed by atoms with Crippen LogP contribution in [0.4, 0.5) is 0 Å². The summed E-state index contributed by atoms with van der Waals surface area (Å²) in [7, 11) is -2.05. The number of nitrogens with zero attached hydrogens (tertiary/aromatic N) is 1. The van der Waals surface area contributed by atoms with Crippen molar-refractivity contribution in [3.8, 4) is 11.5 Å². The summed E-state index contributed by atoms with van der Waals surface area (Å²) < 4.78 is 46.9. The van der Waals surface area contributed by atoms with Crippen LogP contribution in [0, 0.1) is 0 Å². The van der Waals surface area contributed by atoms with E-state index < -0.39 is 21.6 Å². The Morgan fingerprint density at radius 2 is 1.72 bits per heavy atom. The SMILES string of the molecule is COCCOCCOCCOc1ccc(C2=NC(C)(C(=O)O)CS2)c(O)c1.CS(=O)(=O)O. The lowest BCUT2D eigenvalue weighted by atomic mass is 10.1. The zero-order chi connectivity index (χ0) is 24.2. The highest BCUT2D eigenvalue weighted by molar-refractivity contribution is 8.14. The Labute approximate surface area is 191 Å². The Hall–Kier alpha value is -1.90. The van der Waals surface area contributed by atoms with E-state index in [-0.39, 0.29) is 5.75 Å². The van der Waals surface area contributed by atoms with Crippen LogP contribution in [0.5, 0.6) is 11.5 Å². The van der Waals surface area contributed by atoms with Gasteiger partial charge >= 0.3 is 5.97 Å². The van der Waals surface area contributed by atoms with Gasteiger partial charge < -0.3 is 29.2 Å². The molecule has 0 fully saturated rings. The minimum Gasteiger partial charge on any atom is -0.507 e. The molecule has 1 aromatic carbocycles. The second kappa shape index (κ2) is 13.6. The summed E-state index contributed by atoms with van der Waals surface area (Å²) in [4.78, 5) is 15.5. The summed E-state index contributed by atoms with van der Waals surface area (Å²) in [5, 5.41) is 20.0. The summed E-state index contributed by atoms with van der Waals surface area (Å²) in [5.74, 6) is -0.141. The van der Waals surface area contributed by atoms with E-state index in [2.05, 4.69) is 4.99 Å². The molecule has 3 N–H and O–H groups in total. The molecule has 11 nitrogen and oxygen atoms in total. The number of aromatic hydroxyl groups is 1. The van der Waals surface area contributed by atoms with Gasteiger partial charge in [0.15, 0.2) is 5.54 Å². The Kier molecular flexibility index (Phi) is 12.0.